The van der Waals surface area contributed by atoms with Crippen molar-refractivity contribution in [1.29, 1.82) is 0 Å². The van der Waals surface area contributed by atoms with Gasteiger partial charge in [-0.2, -0.15) is 0 Å². The van der Waals surface area contributed by atoms with Gasteiger partial charge in [-0.1, -0.05) is 12.1 Å². The first-order valence-electron chi connectivity index (χ1n) is 9.72. The van der Waals surface area contributed by atoms with E-state index in [1.165, 1.54) is 12.1 Å². The third-order valence-electron chi connectivity index (χ3n) is 5.06. The summed E-state index contributed by atoms with van der Waals surface area (Å²) in [5.74, 6) is 0.441. The zero-order valence-electron chi connectivity index (χ0n) is 16.6. The number of ether oxygens (including phenoxy) is 2. The normalized spacial score (nSPS) is 16.3. The molecule has 154 valence electrons. The van der Waals surface area contributed by atoms with Gasteiger partial charge in [0.15, 0.2) is 0 Å². The monoisotopic (exact) mass is 407 g/mol. The predicted molar refractivity (Wildman–Crippen MR) is 109 cm³/mol. The van der Waals surface area contributed by atoms with Crippen LogP contribution in [0.1, 0.15) is 17.4 Å². The summed E-state index contributed by atoms with van der Waals surface area (Å²) in [4.78, 5) is 23.5. The van der Waals surface area contributed by atoms with Crippen molar-refractivity contribution >= 4 is 5.91 Å². The molecule has 2 heterocycles. The van der Waals surface area contributed by atoms with Crippen molar-refractivity contribution in [1.82, 2.24) is 14.9 Å². The standard InChI is InChI=1S/C23H22FN3O3/c1-29-19-8-4-17(5-9-19)20-13-25-14-21(26-20)22-15-27(10-11-30-22)23(28)12-16-2-6-18(24)7-3-16/h2-9,13-14,22H,10-12,15H2,1H3. The van der Waals surface area contributed by atoms with Crippen LogP contribution in [0.4, 0.5) is 4.39 Å². The second kappa shape index (κ2) is 9.00. The van der Waals surface area contributed by atoms with Crippen LogP contribution < -0.4 is 4.74 Å². The molecule has 4 rings (SSSR count). The Kier molecular flexibility index (Phi) is 5.99. The fraction of sp³-hybridized carbons (Fsp3) is 0.261. The smallest absolute Gasteiger partial charge is 0.227 e. The van der Waals surface area contributed by atoms with E-state index in [2.05, 4.69) is 4.98 Å². The summed E-state index contributed by atoms with van der Waals surface area (Å²) in [5.41, 5.74) is 3.12. The molecule has 7 heteroatoms. The Bertz CT molecular complexity index is 1010. The summed E-state index contributed by atoms with van der Waals surface area (Å²) in [6, 6.07) is 13.6. The average molecular weight is 407 g/mol. The van der Waals surface area contributed by atoms with E-state index in [0.29, 0.717) is 25.4 Å². The van der Waals surface area contributed by atoms with E-state index in [0.717, 1.165) is 22.6 Å². The number of amides is 1. The fourth-order valence-electron chi connectivity index (χ4n) is 3.38. The van der Waals surface area contributed by atoms with Crippen LogP contribution in [-0.4, -0.2) is 47.6 Å². The Morgan fingerprint density at radius 3 is 2.67 bits per heavy atom. The van der Waals surface area contributed by atoms with Crippen molar-refractivity contribution in [3.05, 3.63) is 78.0 Å². The Morgan fingerprint density at radius 2 is 1.93 bits per heavy atom. The molecule has 0 N–H and O–H groups in total. The van der Waals surface area contributed by atoms with Gasteiger partial charge in [0.2, 0.25) is 5.91 Å². The molecular formula is C23H22FN3O3. The summed E-state index contributed by atoms with van der Waals surface area (Å²) in [5, 5.41) is 0. The number of morpholine rings is 1. The van der Waals surface area contributed by atoms with Gasteiger partial charge in [0, 0.05) is 12.1 Å². The molecule has 0 spiro atoms. The quantitative estimate of drug-likeness (QED) is 0.648. The van der Waals surface area contributed by atoms with E-state index in [1.54, 1.807) is 36.5 Å². The van der Waals surface area contributed by atoms with Crippen LogP contribution in [0.25, 0.3) is 11.3 Å². The maximum absolute atomic E-state index is 13.1. The molecule has 1 fully saturated rings. The molecule has 1 unspecified atom stereocenters. The largest absolute Gasteiger partial charge is 0.497 e. The number of carbonyl (C=O) groups excluding carboxylic acids is 1. The molecule has 1 aliphatic heterocycles. The zero-order chi connectivity index (χ0) is 20.9. The number of methoxy groups -OCH3 is 1. The minimum atomic E-state index is -0.346. The molecule has 0 radical (unpaired) electrons. The van der Waals surface area contributed by atoms with Crippen LogP contribution in [0.5, 0.6) is 5.75 Å². The molecule has 0 aliphatic carbocycles. The molecule has 2 aromatic carbocycles. The lowest BCUT2D eigenvalue weighted by Crippen LogP contribution is -2.43. The lowest BCUT2D eigenvalue weighted by molar-refractivity contribution is -0.138. The Morgan fingerprint density at radius 1 is 1.17 bits per heavy atom. The molecular weight excluding hydrogens is 385 g/mol. The SMILES string of the molecule is COc1ccc(-c2cncc(C3CN(C(=O)Cc4ccc(F)cc4)CCO3)n2)cc1. The van der Waals surface area contributed by atoms with Crippen LogP contribution in [0.15, 0.2) is 60.9 Å². The van der Waals surface area contributed by atoms with E-state index < -0.39 is 0 Å². The highest BCUT2D eigenvalue weighted by Crippen LogP contribution is 2.25. The number of carbonyl (C=O) groups is 1. The zero-order valence-corrected chi connectivity index (χ0v) is 16.6. The van der Waals surface area contributed by atoms with Gasteiger partial charge in [-0.3, -0.25) is 9.78 Å². The van der Waals surface area contributed by atoms with Gasteiger partial charge in [-0.05, 0) is 42.0 Å². The van der Waals surface area contributed by atoms with Crippen molar-refractivity contribution in [3.63, 3.8) is 0 Å². The molecule has 6 nitrogen and oxygen atoms in total. The number of halogens is 1. The van der Waals surface area contributed by atoms with Crippen molar-refractivity contribution < 1.29 is 18.7 Å². The highest BCUT2D eigenvalue weighted by Gasteiger charge is 2.26. The molecule has 0 saturated carbocycles. The molecule has 1 aliphatic rings. The number of hydrogen-bond donors (Lipinski definition) is 0. The molecule has 0 bridgehead atoms. The molecule has 1 atom stereocenters. The summed E-state index contributed by atoms with van der Waals surface area (Å²) in [7, 11) is 1.62. The van der Waals surface area contributed by atoms with Crippen molar-refractivity contribution in [2.24, 2.45) is 0 Å². The van der Waals surface area contributed by atoms with E-state index >= 15 is 0 Å². The molecule has 1 saturated heterocycles. The van der Waals surface area contributed by atoms with Crippen molar-refractivity contribution in [2.45, 2.75) is 12.5 Å². The topological polar surface area (TPSA) is 64.5 Å². The minimum absolute atomic E-state index is 0.0193. The van der Waals surface area contributed by atoms with Gasteiger partial charge in [0.1, 0.15) is 17.7 Å². The summed E-state index contributed by atoms with van der Waals surface area (Å²) < 4.78 is 24.1. The van der Waals surface area contributed by atoms with Gasteiger partial charge in [0.05, 0.1) is 50.5 Å². The third-order valence-corrected chi connectivity index (χ3v) is 5.06. The van der Waals surface area contributed by atoms with Crippen LogP contribution in [0.2, 0.25) is 0 Å². The second-order valence-electron chi connectivity index (χ2n) is 7.06. The van der Waals surface area contributed by atoms with Gasteiger partial charge >= 0.3 is 0 Å². The van der Waals surface area contributed by atoms with Gasteiger partial charge in [-0.25, -0.2) is 9.37 Å². The van der Waals surface area contributed by atoms with Crippen LogP contribution >= 0.6 is 0 Å². The highest BCUT2D eigenvalue weighted by atomic mass is 19.1. The number of benzene rings is 2. The van der Waals surface area contributed by atoms with Crippen LogP contribution in [-0.2, 0) is 16.0 Å². The van der Waals surface area contributed by atoms with Crippen LogP contribution in [0.3, 0.4) is 0 Å². The number of nitrogens with zero attached hydrogens (tertiary/aromatic N) is 3. The molecule has 30 heavy (non-hydrogen) atoms. The molecule has 1 amide bonds. The van der Waals surface area contributed by atoms with E-state index in [1.807, 2.05) is 24.3 Å². The number of aromatic nitrogens is 2. The van der Waals surface area contributed by atoms with Crippen molar-refractivity contribution in [2.75, 3.05) is 26.8 Å². The van der Waals surface area contributed by atoms with Gasteiger partial charge in [-0.15, -0.1) is 0 Å². The first-order chi connectivity index (χ1) is 14.6. The number of hydrogen-bond acceptors (Lipinski definition) is 5. The predicted octanol–water partition coefficient (Wildman–Crippen LogP) is 3.43. The maximum atomic E-state index is 13.1. The lowest BCUT2D eigenvalue weighted by Gasteiger charge is -2.32. The fourth-order valence-corrected chi connectivity index (χ4v) is 3.38. The van der Waals surface area contributed by atoms with Crippen LogP contribution in [0, 0.1) is 5.82 Å². The highest BCUT2D eigenvalue weighted by molar-refractivity contribution is 5.79. The average Bonchev–Trinajstić information content (AvgIpc) is 2.81. The number of rotatable bonds is 5. The Labute approximate surface area is 174 Å². The van der Waals surface area contributed by atoms with Gasteiger partial charge < -0.3 is 14.4 Å². The summed E-state index contributed by atoms with van der Waals surface area (Å²) >= 11 is 0. The van der Waals surface area contributed by atoms with E-state index in [4.69, 9.17) is 14.5 Å². The van der Waals surface area contributed by atoms with E-state index in [-0.39, 0.29) is 24.2 Å². The molecule has 1 aromatic heterocycles. The first-order valence-corrected chi connectivity index (χ1v) is 9.72. The Hall–Kier alpha value is -3.32. The van der Waals surface area contributed by atoms with E-state index in [9.17, 15) is 9.18 Å². The first kappa shape index (κ1) is 20.0. The van der Waals surface area contributed by atoms with Gasteiger partial charge in [0.25, 0.3) is 0 Å². The lowest BCUT2D eigenvalue weighted by atomic mass is 10.1. The van der Waals surface area contributed by atoms with Crippen molar-refractivity contribution in [3.8, 4) is 17.0 Å². The summed E-state index contributed by atoms with van der Waals surface area (Å²) in [6.45, 7) is 1.34. The molecule has 3 aromatic rings. The maximum Gasteiger partial charge on any atom is 0.227 e. The second-order valence-corrected chi connectivity index (χ2v) is 7.06. The Balaban J connectivity index is 1.46. The third kappa shape index (κ3) is 4.63. The minimum Gasteiger partial charge on any atom is -0.497 e. The summed E-state index contributed by atoms with van der Waals surface area (Å²) in [6.07, 6.45) is 3.25.